The molecule has 0 aliphatic rings. The van der Waals surface area contributed by atoms with Gasteiger partial charge in [-0.05, 0) is 110 Å². The summed E-state index contributed by atoms with van der Waals surface area (Å²) < 4.78 is 9.18. The first kappa shape index (κ1) is 43.1. The van der Waals surface area contributed by atoms with Gasteiger partial charge in [0.1, 0.15) is 0 Å². The van der Waals surface area contributed by atoms with E-state index in [1.807, 2.05) is 12.1 Å². The number of aromatic nitrogens is 6. The van der Waals surface area contributed by atoms with Crippen LogP contribution in [0.25, 0.3) is 139 Å². The van der Waals surface area contributed by atoms with E-state index < -0.39 is 0 Å². The molecule has 0 atom stereocenters. The fourth-order valence-electron chi connectivity index (χ4n) is 11.5. The van der Waals surface area contributed by atoms with Crippen LogP contribution in [-0.2, 0) is 0 Å². The summed E-state index contributed by atoms with van der Waals surface area (Å²) in [6.45, 7) is 9.42. The Hall–Kier alpha value is -10.6. The molecular formula is C69H43N7. The molecule has 0 saturated carbocycles. The molecule has 4 heterocycles. The van der Waals surface area contributed by atoms with E-state index in [4.69, 9.17) is 9.97 Å². The van der Waals surface area contributed by atoms with Gasteiger partial charge in [-0.1, -0.05) is 206 Å². The van der Waals surface area contributed by atoms with Gasteiger partial charge < -0.3 is 0 Å². The Morgan fingerprint density at radius 3 is 0.908 bits per heavy atom. The molecule has 0 amide bonds. The number of hydrogen-bond acceptors (Lipinski definition) is 2. The lowest BCUT2D eigenvalue weighted by Crippen LogP contribution is -2.05. The number of imidazole rings is 4. The van der Waals surface area contributed by atoms with Crippen LogP contribution in [0, 0.1) is 6.57 Å². The van der Waals surface area contributed by atoms with Gasteiger partial charge in [0.2, 0.25) is 17.2 Å². The average Bonchev–Trinajstić information content (AvgIpc) is 4.41. The number of benzene rings is 11. The first-order chi connectivity index (χ1) is 37.7. The monoisotopic (exact) mass is 969 g/mol. The van der Waals surface area contributed by atoms with Gasteiger partial charge in [-0.15, -0.1) is 0 Å². The molecule has 0 spiro atoms. The van der Waals surface area contributed by atoms with Crippen molar-refractivity contribution < 1.29 is 0 Å². The number of hydrogen-bond donors (Lipinski definition) is 0. The predicted octanol–water partition coefficient (Wildman–Crippen LogP) is 17.7. The molecule has 0 unspecified atom stereocenters. The third-order valence-electron chi connectivity index (χ3n) is 15.0. The summed E-state index contributed by atoms with van der Waals surface area (Å²) >= 11 is 0. The van der Waals surface area contributed by atoms with Gasteiger partial charge in [-0.2, -0.15) is 0 Å². The van der Waals surface area contributed by atoms with E-state index >= 15 is 0 Å². The van der Waals surface area contributed by atoms with Gasteiger partial charge >= 0.3 is 0 Å². The maximum absolute atomic E-state index is 9.42. The Balaban J connectivity index is 1.11. The molecule has 0 fully saturated rings. The van der Waals surface area contributed by atoms with Gasteiger partial charge in [0.05, 0.1) is 50.7 Å². The lowest BCUT2D eigenvalue weighted by Gasteiger charge is -2.22. The summed E-state index contributed by atoms with van der Waals surface area (Å²) in [7, 11) is 0. The van der Waals surface area contributed by atoms with Crippen molar-refractivity contribution in [1.29, 1.82) is 0 Å². The fraction of sp³-hybridized carbons (Fsp3) is 0. The molecule has 0 aliphatic carbocycles. The number of nitrogens with zero attached hydrogens (tertiary/aromatic N) is 7. The zero-order valence-corrected chi connectivity index (χ0v) is 41.0. The van der Waals surface area contributed by atoms with Crippen LogP contribution in [0.5, 0.6) is 0 Å². The van der Waals surface area contributed by atoms with Gasteiger partial charge in [-0.3, -0.25) is 17.9 Å². The van der Waals surface area contributed by atoms with Crippen molar-refractivity contribution in [2.45, 2.75) is 0 Å². The standard InChI is InChI=1S/C69H43N7/c1-70-67-65(49-28-16-6-17-29-49)63(73-57-38-34-53(47-24-12-4-13-25-47)42-61(57)75-59-40-51(45-20-8-2-9-21-45)32-36-55(59)71-68(73)75)44-64(66(67)50-30-18-7-19-31-50)74-58-39-35-54(48-26-14-5-15-27-48)43-62(58)76-60-41-52(46-22-10-3-11-23-46)33-37-56(60)72-69(74)76/h2-44H. The highest BCUT2D eigenvalue weighted by Crippen LogP contribution is 2.50. The third-order valence-corrected chi connectivity index (χ3v) is 15.0. The fourth-order valence-corrected chi connectivity index (χ4v) is 11.5. The SMILES string of the molecule is [C-]#[N+]c1c(-c2ccccc2)c(-n2c3ccc(-c4ccccc4)cc3n3c4cc(-c5ccccc5)ccc4nc23)cc(-n2c3ccc(-c4ccccc4)cc3n3c4cc(-c5ccccc5)ccc4nc23)c1-c1ccccc1. The van der Waals surface area contributed by atoms with Crippen LogP contribution in [0.3, 0.4) is 0 Å². The molecule has 15 rings (SSSR count). The molecule has 7 heteroatoms. The predicted molar refractivity (Wildman–Crippen MR) is 311 cm³/mol. The molecule has 15 aromatic rings. The highest BCUT2D eigenvalue weighted by molar-refractivity contribution is 6.05. The van der Waals surface area contributed by atoms with Crippen molar-refractivity contribution in [2.75, 3.05) is 0 Å². The minimum absolute atomic E-state index is 0.525. The number of fused-ring (bicyclic) bond motifs is 10. The molecule has 0 saturated heterocycles. The lowest BCUT2D eigenvalue weighted by molar-refractivity contribution is 1.08. The minimum atomic E-state index is 0.525. The first-order valence-electron chi connectivity index (χ1n) is 25.5. The largest absolute Gasteiger partial charge is 0.279 e. The van der Waals surface area contributed by atoms with E-state index in [9.17, 15) is 6.57 Å². The topological polar surface area (TPSA) is 48.8 Å². The van der Waals surface area contributed by atoms with E-state index in [-0.39, 0.29) is 0 Å². The zero-order valence-electron chi connectivity index (χ0n) is 41.0. The van der Waals surface area contributed by atoms with Crippen LogP contribution in [-0.4, -0.2) is 27.9 Å². The molecule has 0 bridgehead atoms. The molecular weight excluding hydrogens is 927 g/mol. The highest BCUT2D eigenvalue weighted by atomic mass is 15.2. The Kier molecular flexibility index (Phi) is 9.81. The smallest absolute Gasteiger partial charge is 0.220 e. The molecule has 4 aromatic heterocycles. The molecule has 0 N–H and O–H groups in total. The molecule has 7 nitrogen and oxygen atoms in total. The van der Waals surface area contributed by atoms with Crippen molar-refractivity contribution in [2.24, 2.45) is 0 Å². The van der Waals surface area contributed by atoms with Crippen LogP contribution in [0.2, 0.25) is 0 Å². The summed E-state index contributed by atoms with van der Waals surface area (Å²) in [5.41, 5.74) is 22.1. The van der Waals surface area contributed by atoms with Crippen molar-refractivity contribution in [3.63, 3.8) is 0 Å². The van der Waals surface area contributed by atoms with Gasteiger partial charge in [-0.25, -0.2) is 14.8 Å². The van der Waals surface area contributed by atoms with E-state index in [0.29, 0.717) is 5.69 Å². The molecule has 354 valence electrons. The van der Waals surface area contributed by atoms with Gasteiger partial charge in [0, 0.05) is 22.5 Å². The zero-order chi connectivity index (χ0) is 50.3. The second-order valence-corrected chi connectivity index (χ2v) is 19.3. The maximum Gasteiger partial charge on any atom is 0.220 e. The Morgan fingerprint density at radius 2 is 0.579 bits per heavy atom. The van der Waals surface area contributed by atoms with E-state index in [1.54, 1.807) is 0 Å². The minimum Gasteiger partial charge on any atom is -0.279 e. The molecule has 76 heavy (non-hydrogen) atoms. The molecule has 0 aliphatic heterocycles. The Labute approximate surface area is 437 Å². The second kappa shape index (κ2) is 17.3. The van der Waals surface area contributed by atoms with Crippen LogP contribution in [0.4, 0.5) is 5.69 Å². The van der Waals surface area contributed by atoms with Crippen LogP contribution < -0.4 is 0 Å². The normalized spacial score (nSPS) is 11.7. The highest BCUT2D eigenvalue weighted by Gasteiger charge is 2.29. The average molecular weight is 970 g/mol. The molecule has 0 radical (unpaired) electrons. The summed E-state index contributed by atoms with van der Waals surface area (Å²) in [6.07, 6.45) is 0. The van der Waals surface area contributed by atoms with E-state index in [1.165, 1.54) is 0 Å². The van der Waals surface area contributed by atoms with Crippen molar-refractivity contribution in [3.8, 4) is 78.1 Å². The van der Waals surface area contributed by atoms with Crippen molar-refractivity contribution in [1.82, 2.24) is 27.9 Å². The second-order valence-electron chi connectivity index (χ2n) is 19.3. The van der Waals surface area contributed by atoms with Crippen molar-refractivity contribution >= 4 is 61.4 Å². The summed E-state index contributed by atoms with van der Waals surface area (Å²) in [4.78, 5) is 15.7. The Morgan fingerprint density at radius 1 is 0.276 bits per heavy atom. The summed E-state index contributed by atoms with van der Waals surface area (Å²) in [6, 6.07) is 91.7. The number of rotatable bonds is 8. The third kappa shape index (κ3) is 6.75. The lowest BCUT2D eigenvalue weighted by atomic mass is 9.92. The van der Waals surface area contributed by atoms with Crippen molar-refractivity contribution in [3.05, 3.63) is 272 Å². The van der Waals surface area contributed by atoms with Crippen LogP contribution >= 0.6 is 0 Å². The van der Waals surface area contributed by atoms with Crippen LogP contribution in [0.15, 0.2) is 261 Å². The van der Waals surface area contributed by atoms with E-state index in [2.05, 4.69) is 272 Å². The van der Waals surface area contributed by atoms with E-state index in [0.717, 1.165) is 134 Å². The van der Waals surface area contributed by atoms with Gasteiger partial charge in [0.25, 0.3) is 0 Å². The van der Waals surface area contributed by atoms with Gasteiger partial charge in [0.15, 0.2) is 0 Å². The van der Waals surface area contributed by atoms with Crippen LogP contribution in [0.1, 0.15) is 0 Å². The maximum atomic E-state index is 9.42. The summed E-state index contributed by atoms with van der Waals surface area (Å²) in [5.74, 6) is 1.48. The Bertz CT molecular complexity index is 4480. The first-order valence-corrected chi connectivity index (χ1v) is 25.5. The summed E-state index contributed by atoms with van der Waals surface area (Å²) in [5, 5.41) is 0. The molecule has 11 aromatic carbocycles. The quantitative estimate of drug-likeness (QED) is 0.142.